The van der Waals surface area contributed by atoms with Gasteiger partial charge in [0.15, 0.2) is 0 Å². The van der Waals surface area contributed by atoms with Crippen LogP contribution in [0.15, 0.2) is 24.0 Å². The zero-order valence-corrected chi connectivity index (χ0v) is 10.7. The molecule has 0 fully saturated rings. The van der Waals surface area contributed by atoms with Crippen LogP contribution in [-0.2, 0) is 14.3 Å². The summed E-state index contributed by atoms with van der Waals surface area (Å²) in [6, 6.07) is 0. The van der Waals surface area contributed by atoms with E-state index < -0.39 is 21.4 Å². The maximum Gasteiger partial charge on any atom is 0.534 e. The molecule has 3 nitrogen and oxygen atoms in total. The zero-order chi connectivity index (χ0) is 13.9. The molecule has 0 saturated heterocycles. The molecular formula is C10H15F3O3S. The standard InChI is InChI=1S/C10H15F3O3S/c1-7(2)5-8(3)6-9(4)16-17(14,15)10(11,12)13/h5,8H,4,6H2,1-3H3. The summed E-state index contributed by atoms with van der Waals surface area (Å²) in [4.78, 5) is 0. The van der Waals surface area contributed by atoms with Crippen LogP contribution in [-0.4, -0.2) is 13.9 Å². The molecule has 0 heterocycles. The Labute approximate surface area is 99.1 Å². The van der Waals surface area contributed by atoms with Crippen LogP contribution in [0.4, 0.5) is 13.2 Å². The van der Waals surface area contributed by atoms with E-state index in [0.717, 1.165) is 5.57 Å². The zero-order valence-electron chi connectivity index (χ0n) is 9.84. The van der Waals surface area contributed by atoms with Crippen molar-refractivity contribution in [2.24, 2.45) is 5.92 Å². The Morgan fingerprint density at radius 2 is 1.88 bits per heavy atom. The molecule has 7 heteroatoms. The van der Waals surface area contributed by atoms with Gasteiger partial charge in [-0.25, -0.2) is 0 Å². The van der Waals surface area contributed by atoms with Crippen LogP contribution in [0, 0.1) is 5.92 Å². The molecule has 0 rings (SSSR count). The summed E-state index contributed by atoms with van der Waals surface area (Å²) < 4.78 is 61.1. The first-order valence-electron chi connectivity index (χ1n) is 4.79. The van der Waals surface area contributed by atoms with Crippen molar-refractivity contribution >= 4 is 10.1 Å². The van der Waals surface area contributed by atoms with Gasteiger partial charge in [0.25, 0.3) is 0 Å². The smallest absolute Gasteiger partial charge is 0.381 e. The van der Waals surface area contributed by atoms with Gasteiger partial charge in [0, 0.05) is 6.42 Å². The minimum absolute atomic E-state index is 0.0144. The molecule has 100 valence electrons. The van der Waals surface area contributed by atoms with Gasteiger partial charge < -0.3 is 4.18 Å². The van der Waals surface area contributed by atoms with Gasteiger partial charge in [-0.3, -0.25) is 0 Å². The average Bonchev–Trinajstić information content (AvgIpc) is 1.96. The highest BCUT2D eigenvalue weighted by atomic mass is 32.2. The summed E-state index contributed by atoms with van der Waals surface area (Å²) >= 11 is 0. The van der Waals surface area contributed by atoms with E-state index in [1.807, 2.05) is 13.8 Å². The molecule has 0 aromatic rings. The summed E-state index contributed by atoms with van der Waals surface area (Å²) in [7, 11) is -5.59. The second-order valence-corrected chi connectivity index (χ2v) is 5.49. The van der Waals surface area contributed by atoms with Crippen molar-refractivity contribution in [3.63, 3.8) is 0 Å². The number of halogens is 3. The monoisotopic (exact) mass is 272 g/mol. The molecule has 17 heavy (non-hydrogen) atoms. The lowest BCUT2D eigenvalue weighted by Gasteiger charge is -2.13. The third-order valence-electron chi connectivity index (χ3n) is 1.68. The molecule has 1 unspecified atom stereocenters. The summed E-state index contributed by atoms with van der Waals surface area (Å²) in [5.41, 5.74) is -4.45. The fourth-order valence-electron chi connectivity index (χ4n) is 1.22. The minimum Gasteiger partial charge on any atom is -0.381 e. The minimum atomic E-state index is -5.59. The molecule has 0 aliphatic rings. The van der Waals surface area contributed by atoms with Crippen molar-refractivity contribution in [2.75, 3.05) is 0 Å². The van der Waals surface area contributed by atoms with Gasteiger partial charge >= 0.3 is 15.6 Å². The molecule has 0 aliphatic carbocycles. The summed E-state index contributed by atoms with van der Waals surface area (Å²) in [5.74, 6) is -0.566. The molecule has 0 saturated carbocycles. The van der Waals surface area contributed by atoms with E-state index >= 15 is 0 Å². The Morgan fingerprint density at radius 3 is 2.24 bits per heavy atom. The third-order valence-corrected chi connectivity index (χ3v) is 2.70. The molecule has 0 aromatic heterocycles. The van der Waals surface area contributed by atoms with E-state index in [1.165, 1.54) is 0 Å². The Balaban J connectivity index is 4.55. The number of alkyl halides is 3. The van der Waals surface area contributed by atoms with Gasteiger partial charge in [0.2, 0.25) is 0 Å². The van der Waals surface area contributed by atoms with E-state index in [1.54, 1.807) is 13.0 Å². The average molecular weight is 272 g/mol. The number of rotatable bonds is 5. The molecule has 0 N–H and O–H groups in total. The summed E-state index contributed by atoms with van der Waals surface area (Å²) in [6.45, 7) is 8.55. The molecule has 0 bridgehead atoms. The van der Waals surface area contributed by atoms with Crippen molar-refractivity contribution < 1.29 is 25.8 Å². The van der Waals surface area contributed by atoms with E-state index in [4.69, 9.17) is 0 Å². The van der Waals surface area contributed by atoms with Crippen molar-refractivity contribution in [3.8, 4) is 0 Å². The van der Waals surface area contributed by atoms with Crippen LogP contribution >= 0.6 is 0 Å². The van der Waals surface area contributed by atoms with Crippen molar-refractivity contribution in [3.05, 3.63) is 24.0 Å². The fraction of sp³-hybridized carbons (Fsp3) is 0.600. The van der Waals surface area contributed by atoms with Crippen LogP contribution < -0.4 is 0 Å². The maximum atomic E-state index is 12.0. The van der Waals surface area contributed by atoms with Crippen LogP contribution in [0.25, 0.3) is 0 Å². The normalized spacial score (nSPS) is 14.0. The Morgan fingerprint density at radius 1 is 1.41 bits per heavy atom. The lowest BCUT2D eigenvalue weighted by atomic mass is 10.0. The second-order valence-electron chi connectivity index (χ2n) is 3.95. The topological polar surface area (TPSA) is 43.4 Å². The van der Waals surface area contributed by atoms with Gasteiger partial charge in [-0.1, -0.05) is 25.2 Å². The van der Waals surface area contributed by atoms with Crippen molar-refractivity contribution in [2.45, 2.75) is 32.7 Å². The highest BCUT2D eigenvalue weighted by Crippen LogP contribution is 2.27. The molecule has 0 aliphatic heterocycles. The Kier molecular flexibility index (Phi) is 5.25. The molecule has 0 radical (unpaired) electrons. The number of hydrogen-bond donors (Lipinski definition) is 0. The predicted molar refractivity (Wildman–Crippen MR) is 58.4 cm³/mol. The lowest BCUT2D eigenvalue weighted by molar-refractivity contribution is -0.0523. The number of hydrogen-bond acceptors (Lipinski definition) is 3. The van der Waals surface area contributed by atoms with Gasteiger partial charge in [-0.15, -0.1) is 0 Å². The van der Waals surface area contributed by atoms with Crippen molar-refractivity contribution in [1.82, 2.24) is 0 Å². The predicted octanol–water partition coefficient (Wildman–Crippen LogP) is 3.36. The quantitative estimate of drug-likeness (QED) is 0.333. The number of allylic oxidation sites excluding steroid dienone is 3. The van der Waals surface area contributed by atoms with Crippen LogP contribution in [0.1, 0.15) is 27.2 Å². The van der Waals surface area contributed by atoms with E-state index in [9.17, 15) is 21.6 Å². The Bertz CT molecular complexity index is 403. The highest BCUT2D eigenvalue weighted by molar-refractivity contribution is 7.87. The third kappa shape index (κ3) is 5.76. The SMILES string of the molecule is C=C(CC(C)C=C(C)C)OS(=O)(=O)C(F)(F)F. The van der Waals surface area contributed by atoms with Crippen molar-refractivity contribution in [1.29, 1.82) is 0 Å². The molecule has 0 spiro atoms. The van der Waals surface area contributed by atoms with E-state index in [2.05, 4.69) is 10.8 Å². The molecule has 1 atom stereocenters. The van der Waals surface area contributed by atoms with E-state index in [0.29, 0.717) is 0 Å². The molecular weight excluding hydrogens is 257 g/mol. The van der Waals surface area contributed by atoms with E-state index in [-0.39, 0.29) is 12.3 Å². The van der Waals surface area contributed by atoms with Crippen LogP contribution in [0.5, 0.6) is 0 Å². The van der Waals surface area contributed by atoms with Gasteiger partial charge in [-0.2, -0.15) is 21.6 Å². The second kappa shape index (κ2) is 5.57. The summed E-state index contributed by atoms with van der Waals surface area (Å²) in [6.07, 6.45) is 1.80. The maximum absolute atomic E-state index is 12.0. The van der Waals surface area contributed by atoms with Gasteiger partial charge in [0.05, 0.1) is 0 Å². The lowest BCUT2D eigenvalue weighted by Crippen LogP contribution is -2.25. The van der Waals surface area contributed by atoms with Gasteiger partial charge in [0.1, 0.15) is 5.76 Å². The highest BCUT2D eigenvalue weighted by Gasteiger charge is 2.48. The van der Waals surface area contributed by atoms with Crippen LogP contribution in [0.3, 0.4) is 0 Å². The largest absolute Gasteiger partial charge is 0.534 e. The molecule has 0 aromatic carbocycles. The fourth-order valence-corrected chi connectivity index (χ4v) is 1.70. The summed E-state index contributed by atoms with van der Waals surface area (Å²) in [5, 5.41) is 0. The first-order chi connectivity index (χ1) is 7.45. The van der Waals surface area contributed by atoms with Crippen LogP contribution in [0.2, 0.25) is 0 Å². The molecule has 0 amide bonds. The first kappa shape index (κ1) is 16.0. The Hall–Kier alpha value is -0.980. The van der Waals surface area contributed by atoms with Gasteiger partial charge in [-0.05, 0) is 19.8 Å². The first-order valence-corrected chi connectivity index (χ1v) is 6.20.